The molecule has 0 aliphatic rings. The molecule has 0 atom stereocenters. The van der Waals surface area contributed by atoms with Gasteiger partial charge in [0.25, 0.3) is 0 Å². The van der Waals surface area contributed by atoms with Crippen LogP contribution < -0.4 is 0 Å². The van der Waals surface area contributed by atoms with Crippen LogP contribution in [0.15, 0.2) is 91.3 Å². The number of aromatic nitrogens is 2. The Morgan fingerprint density at radius 1 is 0.419 bits per heavy atom. The molecule has 0 amide bonds. The van der Waals surface area contributed by atoms with Crippen molar-refractivity contribution in [2.75, 3.05) is 0 Å². The van der Waals surface area contributed by atoms with E-state index < -0.39 is 0 Å². The molecule has 162 valence electrons. The molecule has 0 N–H and O–H groups in total. The van der Waals surface area contributed by atoms with Gasteiger partial charge in [0.2, 0.25) is 0 Å². The van der Waals surface area contributed by atoms with Crippen LogP contribution >= 0.6 is 0 Å². The van der Waals surface area contributed by atoms with Crippen molar-refractivity contribution in [2.24, 2.45) is 0 Å². The van der Waals surface area contributed by atoms with Gasteiger partial charge in [0, 0.05) is 23.5 Å². The Balaban J connectivity index is 0.000000739. The molecule has 1 heterocycles. The summed E-state index contributed by atoms with van der Waals surface area (Å²) >= 11 is 0. The summed E-state index contributed by atoms with van der Waals surface area (Å²) in [5, 5.41) is 0. The fourth-order valence-electron chi connectivity index (χ4n) is 2.81. The first-order valence-electron chi connectivity index (χ1n) is 11.3. The minimum atomic E-state index is 0.746. The normalized spacial score (nSPS) is 9.13. The molecule has 4 rings (SSSR count). The second kappa shape index (κ2) is 14.7. The second-order valence-electron chi connectivity index (χ2n) is 6.10. The fraction of sp³-hybridized carbons (Fsp3) is 0.241. The molecular formula is C29H36N2. The van der Waals surface area contributed by atoms with E-state index in [4.69, 9.17) is 0 Å². The maximum atomic E-state index is 4.54. The highest BCUT2D eigenvalue weighted by Gasteiger charge is 2.04. The molecule has 0 unspecified atom stereocenters. The third kappa shape index (κ3) is 7.49. The van der Waals surface area contributed by atoms with Gasteiger partial charge in [-0.1, -0.05) is 126 Å². The van der Waals surface area contributed by atoms with Gasteiger partial charge in [-0.3, -0.25) is 0 Å². The van der Waals surface area contributed by atoms with E-state index in [0.717, 1.165) is 22.5 Å². The lowest BCUT2D eigenvalue weighted by atomic mass is 10.0. The molecule has 2 nitrogen and oxygen atoms in total. The van der Waals surface area contributed by atoms with Crippen LogP contribution in [0, 0.1) is 6.92 Å². The third-order valence-electron chi connectivity index (χ3n) is 4.29. The number of hydrogen-bond donors (Lipinski definition) is 0. The van der Waals surface area contributed by atoms with Gasteiger partial charge in [-0.2, -0.15) is 0 Å². The zero-order valence-electron chi connectivity index (χ0n) is 20.1. The number of benzene rings is 3. The van der Waals surface area contributed by atoms with E-state index in [9.17, 15) is 0 Å². The molecule has 0 saturated carbocycles. The van der Waals surface area contributed by atoms with Crippen LogP contribution in [-0.4, -0.2) is 9.97 Å². The van der Waals surface area contributed by atoms with Crippen LogP contribution in [0.3, 0.4) is 0 Å². The molecule has 0 bridgehead atoms. The molecular weight excluding hydrogens is 376 g/mol. The number of nitrogens with zero attached hydrogens (tertiary/aromatic N) is 2. The molecule has 2 heteroatoms. The molecule has 0 aliphatic carbocycles. The summed E-state index contributed by atoms with van der Waals surface area (Å²) in [7, 11) is 0. The zero-order valence-corrected chi connectivity index (χ0v) is 20.1. The summed E-state index contributed by atoms with van der Waals surface area (Å²) in [5.74, 6) is 0.746. The predicted molar refractivity (Wildman–Crippen MR) is 137 cm³/mol. The van der Waals surface area contributed by atoms with Gasteiger partial charge in [0.05, 0.1) is 0 Å². The predicted octanol–water partition coefficient (Wildman–Crippen LogP) is 8.86. The summed E-state index contributed by atoms with van der Waals surface area (Å²) in [5.41, 5.74) is 6.85. The van der Waals surface area contributed by atoms with Crippen molar-refractivity contribution in [3.05, 3.63) is 96.8 Å². The highest BCUT2D eigenvalue weighted by Crippen LogP contribution is 2.24. The Morgan fingerprint density at radius 2 is 0.806 bits per heavy atom. The highest BCUT2D eigenvalue weighted by atomic mass is 14.9. The number of rotatable bonds is 3. The summed E-state index contributed by atoms with van der Waals surface area (Å²) in [4.78, 5) is 9.08. The van der Waals surface area contributed by atoms with Gasteiger partial charge >= 0.3 is 0 Å². The van der Waals surface area contributed by atoms with Crippen LogP contribution in [0.1, 0.15) is 47.1 Å². The van der Waals surface area contributed by atoms with Crippen molar-refractivity contribution in [1.82, 2.24) is 9.97 Å². The quantitative estimate of drug-likeness (QED) is 0.336. The fourth-order valence-corrected chi connectivity index (χ4v) is 2.81. The molecule has 31 heavy (non-hydrogen) atoms. The van der Waals surface area contributed by atoms with E-state index in [2.05, 4.69) is 89.7 Å². The molecule has 0 fully saturated rings. The van der Waals surface area contributed by atoms with E-state index in [1.54, 1.807) is 0 Å². The van der Waals surface area contributed by atoms with Gasteiger partial charge in [-0.05, 0) is 23.6 Å². The minimum Gasteiger partial charge on any atom is -0.236 e. The van der Waals surface area contributed by atoms with Crippen LogP contribution in [0.4, 0.5) is 0 Å². The molecule has 4 aromatic rings. The van der Waals surface area contributed by atoms with E-state index in [1.165, 1.54) is 16.7 Å². The van der Waals surface area contributed by atoms with Gasteiger partial charge in [0.15, 0.2) is 5.82 Å². The van der Waals surface area contributed by atoms with Gasteiger partial charge in [0.1, 0.15) is 0 Å². The second-order valence-corrected chi connectivity index (χ2v) is 6.10. The number of aryl methyl sites for hydroxylation is 1. The first-order valence-corrected chi connectivity index (χ1v) is 11.3. The summed E-state index contributed by atoms with van der Waals surface area (Å²) in [6.45, 7) is 14.1. The Labute approximate surface area is 189 Å². The lowest BCUT2D eigenvalue weighted by Gasteiger charge is -2.05. The molecule has 0 aliphatic heterocycles. The summed E-state index contributed by atoms with van der Waals surface area (Å²) in [6, 6.07) is 27.1. The Hall–Kier alpha value is -3.26. The molecule has 0 spiro atoms. The third-order valence-corrected chi connectivity index (χ3v) is 4.29. The zero-order chi connectivity index (χ0) is 23.1. The lowest BCUT2D eigenvalue weighted by molar-refractivity contribution is 1.18. The largest absolute Gasteiger partial charge is 0.236 e. The average molecular weight is 413 g/mol. The van der Waals surface area contributed by atoms with Crippen molar-refractivity contribution in [3.63, 3.8) is 0 Å². The van der Waals surface area contributed by atoms with Crippen LogP contribution in [-0.2, 0) is 0 Å². The molecule has 3 aromatic carbocycles. The smallest absolute Gasteiger partial charge is 0.159 e. The minimum absolute atomic E-state index is 0.746. The van der Waals surface area contributed by atoms with Crippen molar-refractivity contribution < 1.29 is 0 Å². The average Bonchev–Trinajstić information content (AvgIpc) is 2.89. The lowest BCUT2D eigenvalue weighted by Crippen LogP contribution is -1.90. The van der Waals surface area contributed by atoms with Gasteiger partial charge in [-0.15, -0.1) is 0 Å². The van der Waals surface area contributed by atoms with Crippen LogP contribution in [0.25, 0.3) is 33.6 Å². The van der Waals surface area contributed by atoms with Crippen molar-refractivity contribution in [3.8, 4) is 33.6 Å². The van der Waals surface area contributed by atoms with Crippen LogP contribution in [0.5, 0.6) is 0 Å². The SMILES string of the molecule is CC.CC.CC.Cc1ccc(-c2cnc(-c3ccc(-c4ccccc4)cc3)nc2)cc1. The topological polar surface area (TPSA) is 25.8 Å². The molecule has 1 aromatic heterocycles. The van der Waals surface area contributed by atoms with Crippen LogP contribution in [0.2, 0.25) is 0 Å². The summed E-state index contributed by atoms with van der Waals surface area (Å²) in [6.07, 6.45) is 3.77. The van der Waals surface area contributed by atoms with E-state index in [-0.39, 0.29) is 0 Å². The Kier molecular flexibility index (Phi) is 12.2. The first kappa shape index (κ1) is 25.8. The Bertz CT molecular complexity index is 956. The van der Waals surface area contributed by atoms with Crippen molar-refractivity contribution >= 4 is 0 Å². The highest BCUT2D eigenvalue weighted by molar-refractivity contribution is 5.68. The van der Waals surface area contributed by atoms with E-state index in [0.29, 0.717) is 0 Å². The maximum Gasteiger partial charge on any atom is 0.159 e. The van der Waals surface area contributed by atoms with E-state index in [1.807, 2.05) is 60.0 Å². The molecule has 0 radical (unpaired) electrons. The van der Waals surface area contributed by atoms with Gasteiger partial charge < -0.3 is 0 Å². The number of hydrogen-bond acceptors (Lipinski definition) is 2. The monoisotopic (exact) mass is 412 g/mol. The van der Waals surface area contributed by atoms with E-state index >= 15 is 0 Å². The van der Waals surface area contributed by atoms with Gasteiger partial charge in [-0.25, -0.2) is 9.97 Å². The van der Waals surface area contributed by atoms with Crippen molar-refractivity contribution in [1.29, 1.82) is 0 Å². The van der Waals surface area contributed by atoms with Crippen molar-refractivity contribution in [2.45, 2.75) is 48.5 Å². The molecule has 0 saturated heterocycles. The maximum absolute atomic E-state index is 4.54. The Morgan fingerprint density at radius 3 is 1.32 bits per heavy atom. The standard InChI is InChI=1S/C23H18N2.3C2H6/c1-17-7-9-20(10-8-17)22-15-24-23(25-16-22)21-13-11-19(12-14-21)18-5-3-2-4-6-18;3*1-2/h2-16H,1H3;3*1-2H3. The summed E-state index contributed by atoms with van der Waals surface area (Å²) < 4.78 is 0. The first-order chi connectivity index (χ1) is 15.3.